The normalized spacial score (nSPS) is 15.4. The fourth-order valence-corrected chi connectivity index (χ4v) is 10.4. The van der Waals surface area contributed by atoms with E-state index in [1.165, 1.54) is 81.1 Å². The number of hydrogen-bond donors (Lipinski definition) is 1. The van der Waals surface area contributed by atoms with Gasteiger partial charge in [-0.3, -0.25) is 0 Å². The van der Waals surface area contributed by atoms with Crippen LogP contribution in [-0.2, 0) is 5.41 Å². The molecule has 2 aliphatic rings. The summed E-state index contributed by atoms with van der Waals surface area (Å²) in [6.45, 7) is 4.74. The zero-order valence-electron chi connectivity index (χ0n) is 27.9. The minimum Gasteiger partial charge on any atom is -0.368 e. The van der Waals surface area contributed by atoms with Crippen LogP contribution in [0.1, 0.15) is 35.9 Å². The zero-order chi connectivity index (χ0) is 33.4. The second kappa shape index (κ2) is 11.4. The van der Waals surface area contributed by atoms with Crippen molar-refractivity contribution >= 4 is 66.0 Å². The van der Waals surface area contributed by atoms with Crippen LogP contribution in [0.3, 0.4) is 0 Å². The topological polar surface area (TPSA) is 15.3 Å². The average Bonchev–Trinajstić information content (AvgIpc) is 3.83. The van der Waals surface area contributed by atoms with E-state index in [1.54, 1.807) is 0 Å². The van der Waals surface area contributed by atoms with E-state index >= 15 is 0 Å². The number of nitrogens with one attached hydrogen (secondary N) is 1. The lowest BCUT2D eigenvalue weighted by Crippen LogP contribution is -2.17. The third-order valence-corrected chi connectivity index (χ3v) is 12.9. The summed E-state index contributed by atoms with van der Waals surface area (Å²) in [6, 6.07) is 58.0. The maximum atomic E-state index is 3.93. The molecule has 7 aromatic carbocycles. The number of nitrogens with zero attached hydrogens (tertiary/aromatic N) is 1. The Balaban J connectivity index is 1.24. The van der Waals surface area contributed by atoms with Crippen LogP contribution in [0.2, 0.25) is 0 Å². The van der Waals surface area contributed by atoms with Gasteiger partial charge in [-0.1, -0.05) is 147 Å². The fraction of sp³-hybridized carbons (Fsp3) is 0.0870. The van der Waals surface area contributed by atoms with Crippen molar-refractivity contribution in [3.8, 4) is 22.3 Å². The lowest BCUT2D eigenvalue weighted by molar-refractivity contribution is 0.660. The molecule has 0 saturated heterocycles. The summed E-state index contributed by atoms with van der Waals surface area (Å²) in [7, 11) is 0. The molecule has 0 radical (unpaired) electrons. The number of thioether (sulfide) groups is 1. The molecule has 4 heteroatoms. The van der Waals surface area contributed by atoms with Crippen LogP contribution in [0.15, 0.2) is 163 Å². The van der Waals surface area contributed by atoms with E-state index in [1.807, 2.05) is 23.1 Å². The molecule has 1 N–H and O–H groups in total. The Bertz CT molecular complexity index is 2570. The average molecular weight is 679 g/mol. The van der Waals surface area contributed by atoms with Gasteiger partial charge in [0.25, 0.3) is 0 Å². The van der Waals surface area contributed by atoms with Gasteiger partial charge in [0.1, 0.15) is 5.37 Å². The lowest BCUT2D eigenvalue weighted by atomic mass is 9.82. The summed E-state index contributed by atoms with van der Waals surface area (Å²) < 4.78 is 2.60. The van der Waals surface area contributed by atoms with Gasteiger partial charge in [-0.2, -0.15) is 0 Å². The van der Waals surface area contributed by atoms with Gasteiger partial charge in [0.15, 0.2) is 0 Å². The van der Waals surface area contributed by atoms with Gasteiger partial charge in [-0.05, 0) is 75.3 Å². The van der Waals surface area contributed by atoms with Crippen LogP contribution >= 0.6 is 23.1 Å². The van der Waals surface area contributed by atoms with Gasteiger partial charge in [0.05, 0.1) is 16.3 Å². The number of anilines is 4. The van der Waals surface area contributed by atoms with E-state index in [0.29, 0.717) is 0 Å². The van der Waals surface area contributed by atoms with Gasteiger partial charge in [0, 0.05) is 37.0 Å². The van der Waals surface area contributed by atoms with Gasteiger partial charge in [-0.25, -0.2) is 0 Å². The number of benzene rings is 7. The number of hydrogen-bond acceptors (Lipinski definition) is 4. The molecule has 1 atom stereocenters. The second-order valence-electron chi connectivity index (χ2n) is 13.8. The first-order valence-electron chi connectivity index (χ1n) is 17.2. The van der Waals surface area contributed by atoms with Crippen molar-refractivity contribution in [2.75, 3.05) is 10.2 Å². The van der Waals surface area contributed by atoms with E-state index in [9.17, 15) is 0 Å². The van der Waals surface area contributed by atoms with Crippen molar-refractivity contribution in [2.45, 2.75) is 29.5 Å². The molecule has 1 aliphatic heterocycles. The van der Waals surface area contributed by atoms with Gasteiger partial charge in [-0.15, -0.1) is 11.3 Å². The van der Waals surface area contributed by atoms with E-state index in [4.69, 9.17) is 0 Å². The predicted octanol–water partition coefficient (Wildman–Crippen LogP) is 13.7. The van der Waals surface area contributed by atoms with Crippen LogP contribution in [0.5, 0.6) is 0 Å². The Kier molecular flexibility index (Phi) is 6.74. The maximum Gasteiger partial charge on any atom is 0.103 e. The minimum absolute atomic E-state index is 0.109. The van der Waals surface area contributed by atoms with Crippen LogP contribution in [0.4, 0.5) is 22.7 Å². The molecule has 0 amide bonds. The Morgan fingerprint density at radius 1 is 0.580 bits per heavy atom. The Labute approximate surface area is 301 Å². The predicted molar refractivity (Wildman–Crippen MR) is 216 cm³/mol. The molecule has 1 unspecified atom stereocenters. The summed E-state index contributed by atoms with van der Waals surface area (Å²) in [5.74, 6) is 0. The van der Waals surface area contributed by atoms with E-state index in [0.717, 1.165) is 5.69 Å². The zero-order valence-corrected chi connectivity index (χ0v) is 29.5. The highest BCUT2D eigenvalue weighted by atomic mass is 32.2. The molecule has 8 aromatic rings. The number of thiophene rings is 1. The molecular formula is C46H34N2S2. The molecule has 0 spiro atoms. The van der Waals surface area contributed by atoms with Crippen molar-refractivity contribution in [1.82, 2.24) is 0 Å². The molecule has 50 heavy (non-hydrogen) atoms. The molecule has 10 rings (SSSR count). The highest BCUT2D eigenvalue weighted by molar-refractivity contribution is 8.00. The van der Waals surface area contributed by atoms with Gasteiger partial charge < -0.3 is 10.2 Å². The van der Waals surface area contributed by atoms with Gasteiger partial charge in [0.2, 0.25) is 0 Å². The van der Waals surface area contributed by atoms with E-state index in [-0.39, 0.29) is 10.8 Å². The summed E-state index contributed by atoms with van der Waals surface area (Å²) in [5.41, 5.74) is 13.8. The van der Waals surface area contributed by atoms with E-state index in [2.05, 4.69) is 182 Å². The third-order valence-electron chi connectivity index (χ3n) is 10.5. The maximum absolute atomic E-state index is 3.93. The van der Waals surface area contributed by atoms with Crippen LogP contribution in [-0.4, -0.2) is 0 Å². The molecule has 1 aliphatic carbocycles. The first-order valence-corrected chi connectivity index (χ1v) is 18.9. The SMILES string of the molecule is CC1(C)c2ccccc2-c2ccc(N(c3ccc(-c4ccccc4)cc3)c3c4c(cc5sc6ccccc6c35)NC(c3ccccc3)S4)cc21. The Morgan fingerprint density at radius 3 is 2.06 bits per heavy atom. The summed E-state index contributed by atoms with van der Waals surface area (Å²) in [4.78, 5) is 3.82. The monoisotopic (exact) mass is 678 g/mol. The Morgan fingerprint density at radius 2 is 1.24 bits per heavy atom. The lowest BCUT2D eigenvalue weighted by Gasteiger charge is -2.30. The molecular weight excluding hydrogens is 645 g/mol. The first-order chi connectivity index (χ1) is 24.5. The van der Waals surface area contributed by atoms with Gasteiger partial charge >= 0.3 is 0 Å². The summed E-state index contributed by atoms with van der Waals surface area (Å²) in [6.07, 6.45) is 0. The van der Waals surface area contributed by atoms with Crippen LogP contribution < -0.4 is 10.2 Å². The Hall–Kier alpha value is -5.29. The van der Waals surface area contributed by atoms with Crippen molar-refractivity contribution in [3.05, 3.63) is 174 Å². The smallest absolute Gasteiger partial charge is 0.103 e. The first kappa shape index (κ1) is 29.6. The largest absolute Gasteiger partial charge is 0.368 e. The van der Waals surface area contributed by atoms with Crippen molar-refractivity contribution in [3.63, 3.8) is 0 Å². The standard InChI is InChI=1S/C46H34N2S2/c1-46(2)37-19-11-9-17-34(37)35-26-25-33(27-38(35)46)48(32-23-21-30(22-24-32)29-13-5-3-6-14-29)43-42-36-18-10-12-20-40(36)49-41(42)28-39-44(43)50-45(47-39)31-15-7-4-8-16-31/h3-28,45,47H,1-2H3. The van der Waals surface area contributed by atoms with Crippen LogP contribution in [0.25, 0.3) is 42.4 Å². The summed E-state index contributed by atoms with van der Waals surface area (Å²) in [5, 5.41) is 6.66. The minimum atomic E-state index is -0.109. The molecule has 1 aromatic heterocycles. The van der Waals surface area contributed by atoms with Crippen molar-refractivity contribution in [2.24, 2.45) is 0 Å². The third kappa shape index (κ3) is 4.56. The highest BCUT2D eigenvalue weighted by Crippen LogP contribution is 2.59. The number of fused-ring (bicyclic) bond motifs is 7. The van der Waals surface area contributed by atoms with Crippen molar-refractivity contribution in [1.29, 1.82) is 0 Å². The number of rotatable bonds is 5. The van der Waals surface area contributed by atoms with Crippen LogP contribution in [0, 0.1) is 0 Å². The highest BCUT2D eigenvalue weighted by Gasteiger charge is 2.37. The molecule has 0 fully saturated rings. The van der Waals surface area contributed by atoms with Crippen molar-refractivity contribution < 1.29 is 0 Å². The summed E-state index contributed by atoms with van der Waals surface area (Å²) >= 11 is 3.81. The molecule has 2 heterocycles. The molecule has 0 bridgehead atoms. The second-order valence-corrected chi connectivity index (χ2v) is 16.0. The fourth-order valence-electron chi connectivity index (χ4n) is 8.03. The molecule has 0 saturated carbocycles. The molecule has 240 valence electrons. The molecule has 2 nitrogen and oxygen atoms in total. The van der Waals surface area contributed by atoms with E-state index < -0.39 is 0 Å². The quantitative estimate of drug-likeness (QED) is 0.195.